The molecule has 0 saturated carbocycles. The summed E-state index contributed by atoms with van der Waals surface area (Å²) in [6.07, 6.45) is 3.49. The lowest BCUT2D eigenvalue weighted by Crippen LogP contribution is -2.55. The summed E-state index contributed by atoms with van der Waals surface area (Å²) in [5, 5.41) is 17.1. The van der Waals surface area contributed by atoms with E-state index in [1.807, 2.05) is 19.9 Å². The van der Waals surface area contributed by atoms with Gasteiger partial charge in [0.2, 0.25) is 17.7 Å². The fraction of sp³-hybridized carbons (Fsp3) is 0.435. The number of carboxylic acid groups (broad SMARTS) is 1. The Kier molecular flexibility index (Phi) is 10.2. The molecule has 7 N–H and O–H groups in total. The number of imidazole rings is 1. The molecule has 3 atom stereocenters. The Balaban J connectivity index is 2.04. The summed E-state index contributed by atoms with van der Waals surface area (Å²) in [5.74, 6) is -2.72. The lowest BCUT2D eigenvalue weighted by Gasteiger charge is -2.22. The number of carboxylic acids is 1. The van der Waals surface area contributed by atoms with Crippen molar-refractivity contribution in [1.29, 1.82) is 0 Å². The number of hydrogen-bond acceptors (Lipinski definition) is 6. The number of benzene rings is 1. The van der Waals surface area contributed by atoms with Gasteiger partial charge in [-0.25, -0.2) is 9.78 Å². The molecule has 1 aromatic carbocycles. The zero-order valence-electron chi connectivity index (χ0n) is 19.3. The van der Waals surface area contributed by atoms with Gasteiger partial charge in [-0.1, -0.05) is 44.2 Å². The number of nitrogens with one attached hydrogen (secondary N) is 4. The fourth-order valence-electron chi connectivity index (χ4n) is 3.31. The van der Waals surface area contributed by atoms with Gasteiger partial charge in [0, 0.05) is 24.7 Å². The van der Waals surface area contributed by atoms with Crippen LogP contribution in [0.4, 0.5) is 0 Å². The van der Waals surface area contributed by atoms with Crippen LogP contribution in [-0.4, -0.2) is 63.4 Å². The van der Waals surface area contributed by atoms with E-state index in [1.165, 1.54) is 12.5 Å². The van der Waals surface area contributed by atoms with Crippen molar-refractivity contribution < 1.29 is 24.3 Å². The predicted octanol–water partition coefficient (Wildman–Crippen LogP) is -0.261. The van der Waals surface area contributed by atoms with Gasteiger partial charge >= 0.3 is 5.97 Å². The quantitative estimate of drug-likeness (QED) is 0.232. The molecule has 0 saturated heterocycles. The van der Waals surface area contributed by atoms with E-state index in [-0.39, 0.29) is 25.3 Å². The number of carbonyl (C=O) groups excluding carboxylic acids is 3. The summed E-state index contributed by atoms with van der Waals surface area (Å²) in [4.78, 5) is 55.9. The molecule has 0 radical (unpaired) electrons. The summed E-state index contributed by atoms with van der Waals surface area (Å²) < 4.78 is 0. The standard InChI is InChI=1S/C23H32N6O5/c1-14(2)8-17(24)21(31)26-12-20(30)28-18(9-15-6-4-3-5-7-15)22(32)29-19(23(33)34)10-16-11-25-13-27-16/h3-7,11,13-14,17-19H,8-10,12,24H2,1-2H3,(H,25,27)(H,26,31)(H,28,30)(H,29,32)(H,33,34). The van der Waals surface area contributed by atoms with Gasteiger partial charge < -0.3 is 31.8 Å². The molecule has 3 unspecified atom stereocenters. The van der Waals surface area contributed by atoms with Crippen LogP contribution < -0.4 is 21.7 Å². The van der Waals surface area contributed by atoms with E-state index in [4.69, 9.17) is 5.73 Å². The van der Waals surface area contributed by atoms with Crippen LogP contribution in [0.2, 0.25) is 0 Å². The van der Waals surface area contributed by atoms with Crippen molar-refractivity contribution in [3.05, 3.63) is 54.1 Å². The minimum atomic E-state index is -1.23. The number of aliphatic carboxylic acids is 1. The summed E-state index contributed by atoms with van der Waals surface area (Å²) in [7, 11) is 0. The number of amides is 3. The van der Waals surface area contributed by atoms with Gasteiger partial charge in [-0.3, -0.25) is 14.4 Å². The van der Waals surface area contributed by atoms with Crippen LogP contribution >= 0.6 is 0 Å². The van der Waals surface area contributed by atoms with Crippen LogP contribution in [0.5, 0.6) is 0 Å². The zero-order chi connectivity index (χ0) is 25.1. The van der Waals surface area contributed by atoms with Crippen LogP contribution in [0, 0.1) is 5.92 Å². The zero-order valence-corrected chi connectivity index (χ0v) is 19.3. The van der Waals surface area contributed by atoms with Crippen molar-refractivity contribution in [2.75, 3.05) is 6.54 Å². The molecule has 34 heavy (non-hydrogen) atoms. The van der Waals surface area contributed by atoms with E-state index in [1.54, 1.807) is 24.3 Å². The van der Waals surface area contributed by atoms with Crippen molar-refractivity contribution >= 4 is 23.7 Å². The Labute approximate surface area is 197 Å². The molecular weight excluding hydrogens is 440 g/mol. The average molecular weight is 473 g/mol. The van der Waals surface area contributed by atoms with Crippen LogP contribution in [0.15, 0.2) is 42.9 Å². The number of carbonyl (C=O) groups is 4. The SMILES string of the molecule is CC(C)CC(N)C(=O)NCC(=O)NC(Cc1ccccc1)C(=O)NC(Cc1cnc[nH]1)C(=O)O. The van der Waals surface area contributed by atoms with Gasteiger partial charge in [-0.15, -0.1) is 0 Å². The topological polar surface area (TPSA) is 179 Å². The number of aromatic amines is 1. The summed E-state index contributed by atoms with van der Waals surface area (Å²) >= 11 is 0. The number of aromatic nitrogens is 2. The minimum Gasteiger partial charge on any atom is -0.480 e. The number of rotatable bonds is 13. The lowest BCUT2D eigenvalue weighted by molar-refractivity contribution is -0.142. The maximum absolute atomic E-state index is 13.0. The summed E-state index contributed by atoms with van der Waals surface area (Å²) in [5.41, 5.74) is 7.13. The van der Waals surface area contributed by atoms with Crippen molar-refractivity contribution in [3.63, 3.8) is 0 Å². The first-order valence-electron chi connectivity index (χ1n) is 11.0. The second-order valence-electron chi connectivity index (χ2n) is 8.44. The van der Waals surface area contributed by atoms with Crippen LogP contribution in [0.25, 0.3) is 0 Å². The van der Waals surface area contributed by atoms with E-state index < -0.39 is 41.8 Å². The predicted molar refractivity (Wildman–Crippen MR) is 124 cm³/mol. The van der Waals surface area contributed by atoms with Gasteiger partial charge in [-0.2, -0.15) is 0 Å². The minimum absolute atomic E-state index is 0.00310. The highest BCUT2D eigenvalue weighted by atomic mass is 16.4. The molecule has 1 heterocycles. The molecule has 2 rings (SSSR count). The molecule has 0 bridgehead atoms. The number of H-pyrrole nitrogens is 1. The van der Waals surface area contributed by atoms with Gasteiger partial charge in [0.1, 0.15) is 12.1 Å². The van der Waals surface area contributed by atoms with Crippen molar-refractivity contribution in [1.82, 2.24) is 25.9 Å². The normalized spacial score (nSPS) is 13.5. The number of nitrogens with two attached hydrogens (primary N) is 1. The van der Waals surface area contributed by atoms with Gasteiger partial charge in [0.25, 0.3) is 0 Å². The van der Waals surface area contributed by atoms with Crippen molar-refractivity contribution in [2.24, 2.45) is 11.7 Å². The van der Waals surface area contributed by atoms with Crippen LogP contribution in [-0.2, 0) is 32.0 Å². The molecule has 184 valence electrons. The summed E-state index contributed by atoms with van der Waals surface area (Å²) in [6, 6.07) is 5.96. The Morgan fingerprint density at radius 3 is 2.32 bits per heavy atom. The third-order valence-corrected chi connectivity index (χ3v) is 5.01. The first kappa shape index (κ1) is 26.5. The highest BCUT2D eigenvalue weighted by molar-refractivity contribution is 5.92. The van der Waals surface area contributed by atoms with Crippen molar-refractivity contribution in [3.8, 4) is 0 Å². The highest BCUT2D eigenvalue weighted by Gasteiger charge is 2.27. The average Bonchev–Trinajstić information content (AvgIpc) is 3.29. The number of nitrogens with zero attached hydrogens (tertiary/aromatic N) is 1. The molecule has 0 aliphatic heterocycles. The Hall–Kier alpha value is -3.73. The second kappa shape index (κ2) is 13.1. The number of hydrogen-bond donors (Lipinski definition) is 6. The molecule has 11 nitrogen and oxygen atoms in total. The molecule has 0 fully saturated rings. The first-order valence-corrected chi connectivity index (χ1v) is 11.0. The van der Waals surface area contributed by atoms with Crippen LogP contribution in [0.1, 0.15) is 31.5 Å². The Morgan fingerprint density at radius 1 is 1.03 bits per heavy atom. The molecule has 0 spiro atoms. The van der Waals surface area contributed by atoms with Gasteiger partial charge in [0.15, 0.2) is 0 Å². The van der Waals surface area contributed by atoms with Crippen LogP contribution in [0.3, 0.4) is 0 Å². The van der Waals surface area contributed by atoms with Gasteiger partial charge in [0.05, 0.1) is 18.9 Å². The van der Waals surface area contributed by atoms with E-state index in [2.05, 4.69) is 25.9 Å². The fourth-order valence-corrected chi connectivity index (χ4v) is 3.31. The third-order valence-electron chi connectivity index (χ3n) is 5.01. The molecule has 0 aliphatic rings. The largest absolute Gasteiger partial charge is 0.480 e. The Bertz CT molecular complexity index is 948. The molecule has 11 heteroatoms. The maximum atomic E-state index is 13.0. The van der Waals surface area contributed by atoms with E-state index in [9.17, 15) is 24.3 Å². The van der Waals surface area contributed by atoms with E-state index >= 15 is 0 Å². The third kappa shape index (κ3) is 9.02. The first-order chi connectivity index (χ1) is 16.2. The molecule has 2 aromatic rings. The van der Waals surface area contributed by atoms with E-state index in [0.29, 0.717) is 12.1 Å². The Morgan fingerprint density at radius 2 is 1.74 bits per heavy atom. The second-order valence-corrected chi connectivity index (χ2v) is 8.44. The molecule has 3 amide bonds. The molecule has 1 aromatic heterocycles. The smallest absolute Gasteiger partial charge is 0.326 e. The maximum Gasteiger partial charge on any atom is 0.326 e. The monoisotopic (exact) mass is 472 g/mol. The van der Waals surface area contributed by atoms with E-state index in [0.717, 1.165) is 5.56 Å². The van der Waals surface area contributed by atoms with Crippen molar-refractivity contribution in [2.45, 2.75) is 51.2 Å². The molecular formula is C23H32N6O5. The van der Waals surface area contributed by atoms with Gasteiger partial charge in [-0.05, 0) is 17.9 Å². The lowest BCUT2D eigenvalue weighted by atomic mass is 10.0. The summed E-state index contributed by atoms with van der Waals surface area (Å²) in [6.45, 7) is 3.51. The highest BCUT2D eigenvalue weighted by Crippen LogP contribution is 2.06. The molecule has 0 aliphatic carbocycles.